The van der Waals surface area contributed by atoms with Crippen LogP contribution in [0.4, 0.5) is 11.5 Å². The molecule has 0 unspecified atom stereocenters. The first-order valence-electron chi connectivity index (χ1n) is 13.0. The minimum Gasteiger partial charge on any atom is -0.493 e. The lowest BCUT2D eigenvalue weighted by Gasteiger charge is -2.36. The lowest BCUT2D eigenvalue weighted by atomic mass is 9.97. The van der Waals surface area contributed by atoms with Crippen molar-refractivity contribution in [1.29, 1.82) is 0 Å². The minimum absolute atomic E-state index is 0.130. The second-order valence-corrected chi connectivity index (χ2v) is 10.6. The maximum atomic E-state index is 14.1. The summed E-state index contributed by atoms with van der Waals surface area (Å²) in [5.74, 6) is 0.350. The van der Waals surface area contributed by atoms with Crippen molar-refractivity contribution in [2.45, 2.75) is 66.0 Å². The SMILES string of the molecule is COc1cccc([C@@H](C(=O)NC(C)(C)C)N(C(=O)CCC(=O)Nc2cc(C)on2)c2c(C)cccc2C)c1OC. The molecule has 2 aromatic carbocycles. The number of rotatable bonds is 10. The average Bonchev–Trinajstić information content (AvgIpc) is 3.29. The molecule has 10 nitrogen and oxygen atoms in total. The minimum atomic E-state index is -1.13. The smallest absolute Gasteiger partial charge is 0.248 e. The van der Waals surface area contributed by atoms with Gasteiger partial charge in [-0.1, -0.05) is 35.5 Å². The molecule has 0 aliphatic carbocycles. The molecule has 0 bridgehead atoms. The second-order valence-electron chi connectivity index (χ2n) is 10.6. The second kappa shape index (κ2) is 12.7. The Morgan fingerprint density at radius 2 is 1.62 bits per heavy atom. The number of nitrogens with zero attached hydrogens (tertiary/aromatic N) is 2. The van der Waals surface area contributed by atoms with Crippen LogP contribution in [0.2, 0.25) is 0 Å². The van der Waals surface area contributed by atoms with Crippen LogP contribution in [0, 0.1) is 20.8 Å². The number of carbonyl (C=O) groups is 3. The standard InChI is InChI=1S/C30H38N4O6/c1-18-11-9-12-19(2)26(18)34(25(36)16-15-24(35)31-23-17-20(3)40-33-23)27(29(37)32-30(4,5)6)21-13-10-14-22(38-7)28(21)39-8/h9-14,17,27H,15-16H2,1-8H3,(H,32,37)(H,31,33,35)/t27-/m0/s1. The number of aryl methyl sites for hydroxylation is 3. The van der Waals surface area contributed by atoms with Gasteiger partial charge in [0, 0.05) is 30.0 Å². The summed E-state index contributed by atoms with van der Waals surface area (Å²) in [6, 6.07) is 11.3. The molecule has 1 heterocycles. The molecular weight excluding hydrogens is 512 g/mol. The molecule has 2 N–H and O–H groups in total. The molecule has 40 heavy (non-hydrogen) atoms. The third-order valence-electron chi connectivity index (χ3n) is 6.14. The summed E-state index contributed by atoms with van der Waals surface area (Å²) >= 11 is 0. The van der Waals surface area contributed by atoms with Gasteiger partial charge in [0.2, 0.25) is 17.7 Å². The predicted molar refractivity (Wildman–Crippen MR) is 153 cm³/mol. The first-order valence-corrected chi connectivity index (χ1v) is 13.0. The van der Waals surface area contributed by atoms with E-state index >= 15 is 0 Å². The zero-order valence-electron chi connectivity index (χ0n) is 24.4. The summed E-state index contributed by atoms with van der Waals surface area (Å²) < 4.78 is 16.2. The number of hydrogen-bond donors (Lipinski definition) is 2. The maximum absolute atomic E-state index is 14.1. The summed E-state index contributed by atoms with van der Waals surface area (Å²) in [5, 5.41) is 9.43. The Bertz CT molecular complexity index is 1350. The van der Waals surface area contributed by atoms with Crippen molar-refractivity contribution in [2.75, 3.05) is 24.4 Å². The Labute approximate surface area is 235 Å². The van der Waals surface area contributed by atoms with Gasteiger partial charge in [0.15, 0.2) is 17.3 Å². The molecule has 214 valence electrons. The van der Waals surface area contributed by atoms with Crippen molar-refractivity contribution >= 4 is 29.2 Å². The highest BCUT2D eigenvalue weighted by molar-refractivity contribution is 6.04. The van der Waals surface area contributed by atoms with Gasteiger partial charge in [0.1, 0.15) is 11.8 Å². The maximum Gasteiger partial charge on any atom is 0.248 e. The normalized spacial score (nSPS) is 11.9. The number of ether oxygens (including phenoxy) is 2. The Hall–Kier alpha value is -4.34. The number of anilines is 2. The molecule has 0 spiro atoms. The number of aromatic nitrogens is 1. The van der Waals surface area contributed by atoms with Gasteiger partial charge in [-0.05, 0) is 58.7 Å². The van der Waals surface area contributed by atoms with Crippen molar-refractivity contribution in [1.82, 2.24) is 10.5 Å². The average molecular weight is 551 g/mol. The van der Waals surface area contributed by atoms with Crippen molar-refractivity contribution in [3.05, 3.63) is 64.9 Å². The van der Waals surface area contributed by atoms with Gasteiger partial charge in [0.05, 0.1) is 19.9 Å². The van der Waals surface area contributed by atoms with Crippen molar-refractivity contribution < 1.29 is 28.4 Å². The van der Waals surface area contributed by atoms with E-state index in [1.165, 1.54) is 19.1 Å². The number of carbonyl (C=O) groups excluding carboxylic acids is 3. The summed E-state index contributed by atoms with van der Waals surface area (Å²) in [5.41, 5.74) is 2.03. The van der Waals surface area contributed by atoms with Gasteiger partial charge in [-0.2, -0.15) is 0 Å². The van der Waals surface area contributed by atoms with Gasteiger partial charge in [-0.25, -0.2) is 0 Å². The summed E-state index contributed by atoms with van der Waals surface area (Å²) in [4.78, 5) is 42.3. The van der Waals surface area contributed by atoms with Gasteiger partial charge in [0.25, 0.3) is 0 Å². The topological polar surface area (TPSA) is 123 Å². The highest BCUT2D eigenvalue weighted by Gasteiger charge is 2.38. The van der Waals surface area contributed by atoms with Gasteiger partial charge >= 0.3 is 0 Å². The monoisotopic (exact) mass is 550 g/mol. The van der Waals surface area contributed by atoms with Gasteiger partial charge in [-0.3, -0.25) is 19.3 Å². The number of benzene rings is 2. The fourth-order valence-corrected chi connectivity index (χ4v) is 4.52. The molecule has 0 aliphatic rings. The van der Waals surface area contributed by atoms with Crippen LogP contribution in [0.25, 0.3) is 0 Å². The van der Waals surface area contributed by atoms with Crippen molar-refractivity contribution in [2.24, 2.45) is 0 Å². The van der Waals surface area contributed by atoms with Crippen LogP contribution in [0.1, 0.15) is 62.1 Å². The molecule has 3 amide bonds. The van der Waals surface area contributed by atoms with Crippen LogP contribution < -0.4 is 25.0 Å². The van der Waals surface area contributed by atoms with Crippen LogP contribution in [-0.2, 0) is 14.4 Å². The third-order valence-corrected chi connectivity index (χ3v) is 6.14. The molecule has 1 aromatic heterocycles. The van der Waals surface area contributed by atoms with Crippen molar-refractivity contribution in [3.63, 3.8) is 0 Å². The van der Waals surface area contributed by atoms with E-state index in [9.17, 15) is 14.4 Å². The largest absolute Gasteiger partial charge is 0.493 e. The van der Waals surface area contributed by atoms with Gasteiger partial charge in [-0.15, -0.1) is 0 Å². The molecule has 3 rings (SSSR count). The van der Waals surface area contributed by atoms with E-state index in [4.69, 9.17) is 14.0 Å². The summed E-state index contributed by atoms with van der Waals surface area (Å²) in [6.45, 7) is 11.1. The molecule has 0 saturated heterocycles. The molecule has 0 radical (unpaired) electrons. The summed E-state index contributed by atoms with van der Waals surface area (Å²) in [7, 11) is 3.00. The molecular formula is C30H38N4O6. The van der Waals surface area contributed by atoms with E-state index < -0.39 is 29.3 Å². The first kappa shape index (κ1) is 30.2. The van der Waals surface area contributed by atoms with Crippen LogP contribution in [0.5, 0.6) is 11.5 Å². The van der Waals surface area contributed by atoms with Crippen molar-refractivity contribution in [3.8, 4) is 11.5 Å². The van der Waals surface area contributed by atoms with Crippen LogP contribution in [0.3, 0.4) is 0 Å². The zero-order valence-corrected chi connectivity index (χ0v) is 24.4. The van der Waals surface area contributed by atoms with E-state index in [0.717, 1.165) is 11.1 Å². The summed E-state index contributed by atoms with van der Waals surface area (Å²) in [6.07, 6.45) is -0.295. The van der Waals surface area contributed by atoms with Gasteiger partial charge < -0.3 is 24.6 Å². The quantitative estimate of drug-likeness (QED) is 0.363. The fraction of sp³-hybridized carbons (Fsp3) is 0.400. The first-order chi connectivity index (χ1) is 18.9. The van der Waals surface area contributed by atoms with E-state index in [-0.39, 0.29) is 18.7 Å². The predicted octanol–water partition coefficient (Wildman–Crippen LogP) is 5.02. The number of methoxy groups -OCH3 is 2. The lowest BCUT2D eigenvalue weighted by Crippen LogP contribution is -2.50. The Morgan fingerprint density at radius 1 is 0.975 bits per heavy atom. The third kappa shape index (κ3) is 7.19. The molecule has 1 atom stereocenters. The number of amides is 3. The molecule has 3 aromatic rings. The van der Waals surface area contributed by atoms with E-state index in [0.29, 0.717) is 28.5 Å². The van der Waals surface area contributed by atoms with Crippen LogP contribution in [0.15, 0.2) is 47.0 Å². The molecule has 10 heteroatoms. The Balaban J connectivity index is 2.12. The zero-order chi connectivity index (χ0) is 29.6. The number of nitrogens with one attached hydrogen (secondary N) is 2. The highest BCUT2D eigenvalue weighted by Crippen LogP contribution is 2.41. The fourth-order valence-electron chi connectivity index (χ4n) is 4.52. The van der Waals surface area contributed by atoms with E-state index in [1.807, 2.05) is 52.8 Å². The number of hydrogen-bond acceptors (Lipinski definition) is 7. The molecule has 0 aliphatic heterocycles. The molecule has 0 saturated carbocycles. The lowest BCUT2D eigenvalue weighted by molar-refractivity contribution is -0.128. The van der Waals surface area contributed by atoms with E-state index in [2.05, 4.69) is 15.8 Å². The number of para-hydroxylation sites is 2. The van der Waals surface area contributed by atoms with Crippen LogP contribution in [-0.4, -0.2) is 42.6 Å². The Kier molecular flexibility index (Phi) is 9.57. The van der Waals surface area contributed by atoms with Crippen LogP contribution >= 0.6 is 0 Å². The molecule has 0 fully saturated rings. The van der Waals surface area contributed by atoms with E-state index in [1.54, 1.807) is 31.2 Å². The highest BCUT2D eigenvalue weighted by atomic mass is 16.5. The Morgan fingerprint density at radius 3 is 2.17 bits per heavy atom.